The summed E-state index contributed by atoms with van der Waals surface area (Å²) in [6.45, 7) is 1.62. The molecule has 0 radical (unpaired) electrons. The summed E-state index contributed by atoms with van der Waals surface area (Å²) in [6, 6.07) is 13.4. The quantitative estimate of drug-likeness (QED) is 0.258. The lowest BCUT2D eigenvalue weighted by atomic mass is 10.3. The number of carbonyl (C=O) groups excluding carboxylic acids is 1. The third-order valence-electron chi connectivity index (χ3n) is 4.09. The second kappa shape index (κ2) is 9.70. The molecular weight excluding hydrogens is 486 g/mol. The number of hydrogen-bond acceptors (Lipinski definition) is 10. The van der Waals surface area contributed by atoms with E-state index < -0.39 is 31.7 Å². The number of nitrogens with one attached hydrogen (secondary N) is 3. The van der Waals surface area contributed by atoms with Crippen molar-refractivity contribution in [3.05, 3.63) is 60.4 Å². The summed E-state index contributed by atoms with van der Waals surface area (Å²) in [5.74, 6) is -0.383. The molecule has 5 N–H and O–H groups in total. The molecule has 0 aliphatic heterocycles. The number of nitrogens with zero attached hydrogens (tertiary/aromatic N) is 3. The molecule has 3 aromatic rings. The standard InChI is InChI=1S/C19H17N7O6S2/c1-12-10-18(25-32-12)26-34(30,31)16-8-4-14(5-9-16)23-24-17(11-20)19(27)22-13-2-6-15(7-3-13)33(21,28)29/h2-10,23H,1H3,(H,22,27)(H,25,26)(H2,21,28,29). The van der Waals surface area contributed by atoms with Crippen molar-refractivity contribution in [1.82, 2.24) is 5.16 Å². The average Bonchev–Trinajstić information content (AvgIpc) is 3.18. The molecule has 0 aliphatic carbocycles. The molecule has 1 aromatic heterocycles. The Kier molecular flexibility index (Phi) is 6.96. The number of anilines is 3. The van der Waals surface area contributed by atoms with E-state index in [0.29, 0.717) is 11.4 Å². The summed E-state index contributed by atoms with van der Waals surface area (Å²) < 4.78 is 54.4. The number of nitriles is 1. The topological polar surface area (TPSA) is 210 Å². The van der Waals surface area contributed by atoms with Crippen LogP contribution in [0.4, 0.5) is 17.2 Å². The van der Waals surface area contributed by atoms with Crippen molar-refractivity contribution in [2.75, 3.05) is 15.5 Å². The van der Waals surface area contributed by atoms with E-state index in [1.165, 1.54) is 54.6 Å². The number of primary sulfonamides is 1. The zero-order chi connectivity index (χ0) is 24.9. The van der Waals surface area contributed by atoms with Gasteiger partial charge in [0.1, 0.15) is 11.8 Å². The summed E-state index contributed by atoms with van der Waals surface area (Å²) in [6.07, 6.45) is 0. The molecule has 15 heteroatoms. The lowest BCUT2D eigenvalue weighted by Gasteiger charge is -2.07. The maximum Gasteiger partial charge on any atom is 0.287 e. The Morgan fingerprint density at radius 1 is 1.03 bits per heavy atom. The predicted octanol–water partition coefficient (Wildman–Crippen LogP) is 1.36. The van der Waals surface area contributed by atoms with E-state index in [-0.39, 0.29) is 21.3 Å². The van der Waals surface area contributed by atoms with Crippen LogP contribution in [-0.4, -0.2) is 33.6 Å². The molecule has 0 unspecified atom stereocenters. The van der Waals surface area contributed by atoms with Crippen LogP contribution in [0.5, 0.6) is 0 Å². The summed E-state index contributed by atoms with van der Waals surface area (Å²) in [5.41, 5.74) is 2.47. The van der Waals surface area contributed by atoms with Crippen molar-refractivity contribution in [2.24, 2.45) is 10.2 Å². The van der Waals surface area contributed by atoms with Crippen LogP contribution in [0.2, 0.25) is 0 Å². The SMILES string of the molecule is Cc1cc(NS(=O)(=O)c2ccc(NN=C(C#N)C(=O)Nc3ccc(S(N)(=O)=O)cc3)cc2)no1. The highest BCUT2D eigenvalue weighted by Crippen LogP contribution is 2.18. The predicted molar refractivity (Wildman–Crippen MR) is 122 cm³/mol. The minimum absolute atomic E-state index is 0.0354. The molecule has 176 valence electrons. The van der Waals surface area contributed by atoms with Gasteiger partial charge in [-0.15, -0.1) is 0 Å². The van der Waals surface area contributed by atoms with E-state index in [1.54, 1.807) is 13.0 Å². The van der Waals surface area contributed by atoms with Gasteiger partial charge < -0.3 is 9.84 Å². The zero-order valence-electron chi connectivity index (χ0n) is 17.4. The fourth-order valence-electron chi connectivity index (χ4n) is 2.48. The molecule has 0 bridgehead atoms. The molecule has 0 saturated heterocycles. The van der Waals surface area contributed by atoms with E-state index in [9.17, 15) is 26.9 Å². The third kappa shape index (κ3) is 6.16. The van der Waals surface area contributed by atoms with Gasteiger partial charge in [-0.1, -0.05) is 5.16 Å². The Morgan fingerprint density at radius 3 is 2.15 bits per heavy atom. The van der Waals surface area contributed by atoms with Crippen molar-refractivity contribution in [3.63, 3.8) is 0 Å². The van der Waals surface area contributed by atoms with E-state index in [0.717, 1.165) is 0 Å². The van der Waals surface area contributed by atoms with Gasteiger partial charge in [0.15, 0.2) is 5.82 Å². The number of amides is 1. The molecule has 1 amide bonds. The highest BCUT2D eigenvalue weighted by molar-refractivity contribution is 7.92. The molecule has 13 nitrogen and oxygen atoms in total. The first-order valence-corrected chi connectivity index (χ1v) is 12.2. The second-order valence-electron chi connectivity index (χ2n) is 6.66. The first kappa shape index (κ1) is 24.4. The number of rotatable bonds is 8. The van der Waals surface area contributed by atoms with Gasteiger partial charge in [-0.05, 0) is 55.5 Å². The van der Waals surface area contributed by atoms with Gasteiger partial charge in [-0.2, -0.15) is 10.4 Å². The largest absolute Gasteiger partial charge is 0.360 e. The van der Waals surface area contributed by atoms with Crippen molar-refractivity contribution < 1.29 is 26.2 Å². The Balaban J connectivity index is 1.66. The van der Waals surface area contributed by atoms with Gasteiger partial charge in [-0.3, -0.25) is 14.9 Å². The Bertz CT molecular complexity index is 1490. The van der Waals surface area contributed by atoms with Crippen LogP contribution in [-0.2, 0) is 24.8 Å². The van der Waals surface area contributed by atoms with Crippen molar-refractivity contribution in [2.45, 2.75) is 16.7 Å². The first-order valence-electron chi connectivity index (χ1n) is 9.22. The maximum absolute atomic E-state index is 12.4. The van der Waals surface area contributed by atoms with Gasteiger partial charge >= 0.3 is 0 Å². The normalized spacial score (nSPS) is 12.0. The van der Waals surface area contributed by atoms with Crippen molar-refractivity contribution in [1.29, 1.82) is 5.26 Å². The molecule has 0 saturated carbocycles. The third-order valence-corrected chi connectivity index (χ3v) is 6.39. The first-order chi connectivity index (χ1) is 16.0. The van der Waals surface area contributed by atoms with Crippen LogP contribution in [0.15, 0.2) is 74.0 Å². The average molecular weight is 504 g/mol. The Hall–Kier alpha value is -4.26. The van der Waals surface area contributed by atoms with Gasteiger partial charge in [0.25, 0.3) is 15.9 Å². The van der Waals surface area contributed by atoms with E-state index in [2.05, 4.69) is 25.7 Å². The highest BCUT2D eigenvalue weighted by atomic mass is 32.2. The van der Waals surface area contributed by atoms with Gasteiger partial charge in [-0.25, -0.2) is 22.0 Å². The molecule has 0 fully saturated rings. The summed E-state index contributed by atoms with van der Waals surface area (Å²) >= 11 is 0. The number of hydrazone groups is 1. The number of aryl methyl sites for hydroxylation is 1. The molecule has 34 heavy (non-hydrogen) atoms. The molecule has 2 aromatic carbocycles. The van der Waals surface area contributed by atoms with E-state index in [4.69, 9.17) is 9.66 Å². The molecule has 0 aliphatic rings. The number of aromatic nitrogens is 1. The fraction of sp³-hybridized carbons (Fsp3) is 0.0526. The number of sulfonamides is 2. The van der Waals surface area contributed by atoms with Crippen LogP contribution in [0.3, 0.4) is 0 Å². The van der Waals surface area contributed by atoms with Crippen LogP contribution in [0, 0.1) is 18.3 Å². The fourth-order valence-corrected chi connectivity index (χ4v) is 3.98. The monoisotopic (exact) mass is 503 g/mol. The molecule has 1 heterocycles. The van der Waals surface area contributed by atoms with Crippen LogP contribution >= 0.6 is 0 Å². The van der Waals surface area contributed by atoms with Crippen molar-refractivity contribution >= 4 is 48.9 Å². The molecule has 0 atom stereocenters. The summed E-state index contributed by atoms with van der Waals surface area (Å²) in [7, 11) is -7.79. The van der Waals surface area contributed by atoms with E-state index in [1.807, 2.05) is 0 Å². The van der Waals surface area contributed by atoms with E-state index >= 15 is 0 Å². The van der Waals surface area contributed by atoms with Crippen molar-refractivity contribution in [3.8, 4) is 6.07 Å². The zero-order valence-corrected chi connectivity index (χ0v) is 19.0. The second-order valence-corrected chi connectivity index (χ2v) is 9.90. The lowest BCUT2D eigenvalue weighted by molar-refractivity contribution is -0.110. The molecular formula is C19H17N7O6S2. The summed E-state index contributed by atoms with van der Waals surface area (Å²) in [4.78, 5) is 12.1. The minimum Gasteiger partial charge on any atom is -0.360 e. The van der Waals surface area contributed by atoms with Gasteiger partial charge in [0.05, 0.1) is 15.5 Å². The number of nitrogens with two attached hydrogens (primary N) is 1. The number of carbonyl (C=O) groups is 1. The molecule has 0 spiro atoms. The smallest absolute Gasteiger partial charge is 0.287 e. The Morgan fingerprint density at radius 2 is 1.62 bits per heavy atom. The van der Waals surface area contributed by atoms with Crippen LogP contribution < -0.4 is 20.6 Å². The highest BCUT2D eigenvalue weighted by Gasteiger charge is 2.17. The van der Waals surface area contributed by atoms with Gasteiger partial charge in [0.2, 0.25) is 15.7 Å². The summed E-state index contributed by atoms with van der Waals surface area (Å²) in [5, 5.41) is 23.9. The number of hydrogen-bond donors (Lipinski definition) is 4. The maximum atomic E-state index is 12.4. The van der Waals surface area contributed by atoms with Crippen LogP contribution in [0.25, 0.3) is 0 Å². The van der Waals surface area contributed by atoms with Crippen LogP contribution in [0.1, 0.15) is 5.76 Å². The van der Waals surface area contributed by atoms with Gasteiger partial charge in [0, 0.05) is 11.8 Å². The lowest BCUT2D eigenvalue weighted by Crippen LogP contribution is -2.22. The Labute approximate surface area is 194 Å². The number of benzene rings is 2. The minimum atomic E-state index is -3.91. The molecule has 3 rings (SSSR count).